The zero-order valence-electron chi connectivity index (χ0n) is 14.4. The second-order valence-corrected chi connectivity index (χ2v) is 6.37. The van der Waals surface area contributed by atoms with E-state index >= 15 is 0 Å². The van der Waals surface area contributed by atoms with E-state index in [1.807, 2.05) is 18.2 Å². The molecule has 1 heterocycles. The van der Waals surface area contributed by atoms with Crippen molar-refractivity contribution >= 4 is 11.9 Å². The lowest BCUT2D eigenvalue weighted by atomic mass is 10.0. The van der Waals surface area contributed by atoms with Crippen molar-refractivity contribution in [2.24, 2.45) is 5.92 Å². The third kappa shape index (κ3) is 4.04. The fourth-order valence-corrected chi connectivity index (χ4v) is 2.42. The van der Waals surface area contributed by atoms with Gasteiger partial charge < -0.3 is 14.4 Å². The van der Waals surface area contributed by atoms with Crippen LogP contribution in [0.5, 0.6) is 0 Å². The Bertz CT molecular complexity index is 732. The number of carboxylic acids is 1. The molecule has 0 bridgehead atoms. The van der Waals surface area contributed by atoms with E-state index in [-0.39, 0.29) is 18.2 Å². The normalized spacial score (nSPS) is 12.2. The average molecular weight is 329 g/mol. The molecule has 1 unspecified atom stereocenters. The summed E-state index contributed by atoms with van der Waals surface area (Å²) < 4.78 is 5.69. The minimum Gasteiger partial charge on any atom is -0.481 e. The Morgan fingerprint density at radius 2 is 1.88 bits per heavy atom. The summed E-state index contributed by atoms with van der Waals surface area (Å²) in [6, 6.07) is 11.4. The molecule has 2 aromatic rings. The minimum absolute atomic E-state index is 0.132. The summed E-state index contributed by atoms with van der Waals surface area (Å²) in [5, 5.41) is 8.95. The third-order valence-electron chi connectivity index (χ3n) is 3.97. The van der Waals surface area contributed by atoms with Crippen molar-refractivity contribution < 1.29 is 19.1 Å². The largest absolute Gasteiger partial charge is 0.481 e. The summed E-state index contributed by atoms with van der Waals surface area (Å²) in [5.41, 5.74) is 2.12. The van der Waals surface area contributed by atoms with Crippen molar-refractivity contribution in [3.05, 3.63) is 47.7 Å². The van der Waals surface area contributed by atoms with E-state index in [1.165, 1.54) is 10.5 Å². The molecule has 5 nitrogen and oxygen atoms in total. The number of furan rings is 1. The Hall–Kier alpha value is -2.56. The number of amides is 1. The lowest BCUT2D eigenvalue weighted by molar-refractivity contribution is -0.141. The average Bonchev–Trinajstić information content (AvgIpc) is 3.03. The third-order valence-corrected chi connectivity index (χ3v) is 3.97. The molecule has 5 heteroatoms. The maximum Gasteiger partial charge on any atom is 0.308 e. The Labute approximate surface area is 141 Å². The summed E-state index contributed by atoms with van der Waals surface area (Å²) in [5.74, 6) is -0.643. The maximum atomic E-state index is 12.4. The number of carboxylic acid groups (broad SMARTS) is 1. The fourth-order valence-electron chi connectivity index (χ4n) is 2.42. The van der Waals surface area contributed by atoms with Crippen molar-refractivity contribution in [2.45, 2.75) is 26.7 Å². The van der Waals surface area contributed by atoms with Gasteiger partial charge in [-0.25, -0.2) is 0 Å². The molecule has 0 aliphatic rings. The number of hydrogen-bond acceptors (Lipinski definition) is 3. The van der Waals surface area contributed by atoms with Crippen LogP contribution in [-0.2, 0) is 4.79 Å². The van der Waals surface area contributed by atoms with Crippen molar-refractivity contribution in [1.29, 1.82) is 0 Å². The number of carbonyl (C=O) groups is 2. The zero-order valence-corrected chi connectivity index (χ0v) is 14.4. The molecular weight excluding hydrogens is 306 g/mol. The SMILES string of the molecule is CC(CN(C)C(=O)c1ccc(-c2cccc(C(C)C)c2)o1)C(=O)O. The highest BCUT2D eigenvalue weighted by atomic mass is 16.4. The molecule has 0 aliphatic heterocycles. The van der Waals surface area contributed by atoms with E-state index in [4.69, 9.17) is 9.52 Å². The molecule has 0 fully saturated rings. The van der Waals surface area contributed by atoms with Gasteiger partial charge in [-0.3, -0.25) is 9.59 Å². The van der Waals surface area contributed by atoms with Crippen LogP contribution in [0.4, 0.5) is 0 Å². The molecule has 24 heavy (non-hydrogen) atoms. The molecule has 1 aromatic carbocycles. The van der Waals surface area contributed by atoms with Gasteiger partial charge in [0.05, 0.1) is 5.92 Å². The number of rotatable bonds is 6. The summed E-state index contributed by atoms with van der Waals surface area (Å²) >= 11 is 0. The Kier molecular flexibility index (Phi) is 5.44. The monoisotopic (exact) mass is 329 g/mol. The predicted molar refractivity (Wildman–Crippen MR) is 92.0 cm³/mol. The molecule has 1 aromatic heterocycles. The van der Waals surface area contributed by atoms with Gasteiger partial charge in [-0.2, -0.15) is 0 Å². The van der Waals surface area contributed by atoms with Gasteiger partial charge in [0, 0.05) is 19.2 Å². The highest BCUT2D eigenvalue weighted by molar-refractivity contribution is 5.92. The number of hydrogen-bond donors (Lipinski definition) is 1. The van der Waals surface area contributed by atoms with Crippen molar-refractivity contribution in [1.82, 2.24) is 4.90 Å². The van der Waals surface area contributed by atoms with Crippen molar-refractivity contribution in [2.75, 3.05) is 13.6 Å². The first-order valence-electron chi connectivity index (χ1n) is 7.98. The molecule has 1 atom stereocenters. The summed E-state index contributed by atoms with van der Waals surface area (Å²) in [4.78, 5) is 24.6. The number of nitrogens with zero attached hydrogens (tertiary/aromatic N) is 1. The maximum absolute atomic E-state index is 12.4. The first-order chi connectivity index (χ1) is 11.3. The van der Waals surface area contributed by atoms with E-state index in [9.17, 15) is 9.59 Å². The number of carbonyl (C=O) groups excluding carboxylic acids is 1. The Balaban J connectivity index is 2.16. The van der Waals surface area contributed by atoms with Crippen LogP contribution < -0.4 is 0 Å². The predicted octanol–water partition coefficient (Wildman–Crippen LogP) is 3.86. The first-order valence-corrected chi connectivity index (χ1v) is 7.98. The van der Waals surface area contributed by atoms with Crippen LogP contribution >= 0.6 is 0 Å². The summed E-state index contributed by atoms with van der Waals surface area (Å²) in [7, 11) is 1.57. The van der Waals surface area contributed by atoms with Gasteiger partial charge in [0.2, 0.25) is 0 Å². The molecule has 128 valence electrons. The van der Waals surface area contributed by atoms with E-state index < -0.39 is 11.9 Å². The number of aliphatic carboxylic acids is 1. The van der Waals surface area contributed by atoms with Crippen molar-refractivity contribution in [3.63, 3.8) is 0 Å². The highest BCUT2D eigenvalue weighted by Gasteiger charge is 2.21. The van der Waals surface area contributed by atoms with Crippen LogP contribution in [0.3, 0.4) is 0 Å². The van der Waals surface area contributed by atoms with Crippen LogP contribution in [0.2, 0.25) is 0 Å². The number of benzene rings is 1. The van der Waals surface area contributed by atoms with Crippen LogP contribution in [0.1, 0.15) is 42.8 Å². The Morgan fingerprint density at radius 1 is 1.17 bits per heavy atom. The molecule has 0 radical (unpaired) electrons. The van der Waals surface area contributed by atoms with Gasteiger partial charge in [-0.1, -0.05) is 39.0 Å². The van der Waals surface area contributed by atoms with E-state index in [0.717, 1.165) is 5.56 Å². The molecular formula is C19H23NO4. The minimum atomic E-state index is -0.930. The van der Waals surface area contributed by atoms with E-state index in [2.05, 4.69) is 19.9 Å². The van der Waals surface area contributed by atoms with E-state index in [1.54, 1.807) is 26.1 Å². The second-order valence-electron chi connectivity index (χ2n) is 6.37. The fraction of sp³-hybridized carbons (Fsp3) is 0.368. The van der Waals surface area contributed by atoms with Gasteiger partial charge in [-0.05, 0) is 29.7 Å². The van der Waals surface area contributed by atoms with Gasteiger partial charge in [0.1, 0.15) is 5.76 Å². The molecule has 0 saturated heterocycles. The summed E-state index contributed by atoms with van der Waals surface area (Å²) in [6.07, 6.45) is 0. The first kappa shape index (κ1) is 17.8. The topological polar surface area (TPSA) is 70.8 Å². The lowest BCUT2D eigenvalue weighted by Gasteiger charge is -2.18. The quantitative estimate of drug-likeness (QED) is 0.873. The van der Waals surface area contributed by atoms with E-state index in [0.29, 0.717) is 11.7 Å². The van der Waals surface area contributed by atoms with Gasteiger partial charge in [-0.15, -0.1) is 0 Å². The van der Waals surface area contributed by atoms with Gasteiger partial charge >= 0.3 is 5.97 Å². The Morgan fingerprint density at radius 3 is 2.50 bits per heavy atom. The molecule has 2 rings (SSSR count). The molecule has 0 aliphatic carbocycles. The van der Waals surface area contributed by atoms with Crippen LogP contribution in [0, 0.1) is 5.92 Å². The van der Waals surface area contributed by atoms with Crippen LogP contribution in [-0.4, -0.2) is 35.5 Å². The molecule has 1 amide bonds. The molecule has 0 spiro atoms. The zero-order chi connectivity index (χ0) is 17.9. The van der Waals surface area contributed by atoms with Gasteiger partial charge in [0.25, 0.3) is 5.91 Å². The van der Waals surface area contributed by atoms with Crippen molar-refractivity contribution in [3.8, 4) is 11.3 Å². The lowest BCUT2D eigenvalue weighted by Crippen LogP contribution is -2.33. The smallest absolute Gasteiger partial charge is 0.308 e. The second kappa shape index (κ2) is 7.34. The molecule has 0 saturated carbocycles. The summed E-state index contributed by atoms with van der Waals surface area (Å²) in [6.45, 7) is 5.94. The highest BCUT2D eigenvalue weighted by Crippen LogP contribution is 2.26. The van der Waals surface area contributed by atoms with Crippen LogP contribution in [0.15, 0.2) is 40.8 Å². The standard InChI is InChI=1S/C19H23NO4/c1-12(2)14-6-5-7-15(10-14)16-8-9-17(24-16)18(21)20(4)11-13(3)19(22)23/h5-10,12-13H,11H2,1-4H3,(H,22,23). The van der Waals surface area contributed by atoms with Gasteiger partial charge in [0.15, 0.2) is 5.76 Å². The van der Waals surface area contributed by atoms with Crippen LogP contribution in [0.25, 0.3) is 11.3 Å². The molecule has 1 N–H and O–H groups in total.